The standard InChI is InChI=1S/C23H29N5O3/c1-16-3-5-18(6-4-16)15-27-11-2-12-28-20(23(27)31)13-19(26-28)22(30)24-10-9-21(29)25-14-17-7-8-17/h3-6,13,17H,2,7-12,14-15H2,1H3,(H,24,30)(H,25,29). The Balaban J connectivity index is 1.33. The first kappa shape index (κ1) is 21.1. The molecule has 0 radical (unpaired) electrons. The number of nitrogens with zero attached hydrogens (tertiary/aromatic N) is 3. The number of hydrogen-bond donors (Lipinski definition) is 2. The van der Waals surface area contributed by atoms with E-state index in [0.29, 0.717) is 31.2 Å². The Morgan fingerprint density at radius 2 is 1.90 bits per heavy atom. The van der Waals surface area contributed by atoms with E-state index in [-0.39, 0.29) is 36.4 Å². The molecule has 2 aromatic rings. The van der Waals surface area contributed by atoms with Gasteiger partial charge in [-0.3, -0.25) is 19.1 Å². The smallest absolute Gasteiger partial charge is 0.272 e. The van der Waals surface area contributed by atoms with Gasteiger partial charge in [-0.2, -0.15) is 5.10 Å². The van der Waals surface area contributed by atoms with Gasteiger partial charge in [0.05, 0.1) is 0 Å². The van der Waals surface area contributed by atoms with Gasteiger partial charge in [0.25, 0.3) is 11.8 Å². The zero-order chi connectivity index (χ0) is 21.8. The minimum absolute atomic E-state index is 0.0604. The summed E-state index contributed by atoms with van der Waals surface area (Å²) < 4.78 is 1.62. The Bertz CT molecular complexity index is 962. The number of aromatic nitrogens is 2. The number of nitrogens with one attached hydrogen (secondary N) is 2. The molecule has 2 aliphatic rings. The van der Waals surface area contributed by atoms with E-state index in [4.69, 9.17) is 0 Å². The van der Waals surface area contributed by atoms with Gasteiger partial charge < -0.3 is 15.5 Å². The summed E-state index contributed by atoms with van der Waals surface area (Å²) in [6, 6.07) is 9.69. The quantitative estimate of drug-likeness (QED) is 0.678. The number of amides is 3. The zero-order valence-electron chi connectivity index (χ0n) is 17.9. The maximum Gasteiger partial charge on any atom is 0.272 e. The second-order valence-corrected chi connectivity index (χ2v) is 8.46. The van der Waals surface area contributed by atoms with Gasteiger partial charge in [-0.15, -0.1) is 0 Å². The fourth-order valence-corrected chi connectivity index (χ4v) is 3.66. The van der Waals surface area contributed by atoms with Crippen molar-refractivity contribution in [1.29, 1.82) is 0 Å². The molecule has 1 aromatic carbocycles. The summed E-state index contributed by atoms with van der Waals surface area (Å²) in [4.78, 5) is 39.1. The van der Waals surface area contributed by atoms with Crippen LogP contribution in [0.5, 0.6) is 0 Å². The van der Waals surface area contributed by atoms with E-state index in [2.05, 4.69) is 15.7 Å². The number of benzene rings is 1. The summed E-state index contributed by atoms with van der Waals surface area (Å²) in [6.07, 6.45) is 3.37. The van der Waals surface area contributed by atoms with Crippen molar-refractivity contribution < 1.29 is 14.4 Å². The van der Waals surface area contributed by atoms with E-state index in [1.54, 1.807) is 15.6 Å². The first-order chi connectivity index (χ1) is 15.0. The van der Waals surface area contributed by atoms with E-state index in [1.807, 2.05) is 31.2 Å². The summed E-state index contributed by atoms with van der Waals surface area (Å²) in [5.41, 5.74) is 2.89. The Labute approximate surface area is 182 Å². The maximum absolute atomic E-state index is 13.1. The molecule has 0 spiro atoms. The molecule has 1 aromatic heterocycles. The van der Waals surface area contributed by atoms with Gasteiger partial charge in [-0.05, 0) is 37.7 Å². The molecule has 8 heteroatoms. The fourth-order valence-electron chi connectivity index (χ4n) is 3.66. The van der Waals surface area contributed by atoms with Crippen LogP contribution in [0, 0.1) is 12.8 Å². The van der Waals surface area contributed by atoms with Gasteiger partial charge in [0.1, 0.15) is 5.69 Å². The van der Waals surface area contributed by atoms with Crippen LogP contribution >= 0.6 is 0 Å². The van der Waals surface area contributed by atoms with Gasteiger partial charge in [-0.25, -0.2) is 0 Å². The van der Waals surface area contributed by atoms with Crippen molar-refractivity contribution in [3.63, 3.8) is 0 Å². The molecule has 0 bridgehead atoms. The van der Waals surface area contributed by atoms with Crippen molar-refractivity contribution in [1.82, 2.24) is 25.3 Å². The third-order valence-corrected chi connectivity index (χ3v) is 5.73. The zero-order valence-corrected chi connectivity index (χ0v) is 17.9. The molecule has 0 saturated heterocycles. The molecule has 2 N–H and O–H groups in total. The van der Waals surface area contributed by atoms with Gasteiger partial charge >= 0.3 is 0 Å². The number of aryl methyl sites for hydroxylation is 2. The van der Waals surface area contributed by atoms with Crippen LogP contribution in [-0.4, -0.2) is 52.0 Å². The van der Waals surface area contributed by atoms with Crippen molar-refractivity contribution >= 4 is 17.7 Å². The average Bonchev–Trinajstić information content (AvgIpc) is 3.52. The lowest BCUT2D eigenvalue weighted by molar-refractivity contribution is -0.121. The molecule has 1 saturated carbocycles. The van der Waals surface area contributed by atoms with E-state index in [0.717, 1.165) is 18.5 Å². The number of carbonyl (C=O) groups excluding carboxylic acids is 3. The minimum Gasteiger partial charge on any atom is -0.356 e. The van der Waals surface area contributed by atoms with Crippen molar-refractivity contribution in [3.05, 3.63) is 52.8 Å². The monoisotopic (exact) mass is 423 g/mol. The van der Waals surface area contributed by atoms with Crippen molar-refractivity contribution in [2.75, 3.05) is 19.6 Å². The predicted octanol–water partition coefficient (Wildman–Crippen LogP) is 1.88. The number of hydrogen-bond acceptors (Lipinski definition) is 4. The van der Waals surface area contributed by atoms with Crippen molar-refractivity contribution in [3.8, 4) is 0 Å². The SMILES string of the molecule is Cc1ccc(CN2CCCn3nc(C(=O)NCCC(=O)NCC4CC4)cc3C2=O)cc1. The molecule has 0 unspecified atom stereocenters. The van der Waals surface area contributed by atoms with Gasteiger partial charge in [0.2, 0.25) is 5.91 Å². The Kier molecular flexibility index (Phi) is 6.34. The van der Waals surface area contributed by atoms with E-state index in [1.165, 1.54) is 18.4 Å². The molecule has 2 heterocycles. The van der Waals surface area contributed by atoms with Crippen LogP contribution in [0.1, 0.15) is 57.8 Å². The summed E-state index contributed by atoms with van der Waals surface area (Å²) in [6.45, 7) is 4.76. The maximum atomic E-state index is 13.1. The lowest BCUT2D eigenvalue weighted by Crippen LogP contribution is -2.32. The number of rotatable bonds is 8. The van der Waals surface area contributed by atoms with Crippen molar-refractivity contribution in [2.45, 2.75) is 45.7 Å². The molecule has 1 aliphatic heterocycles. The third kappa shape index (κ3) is 5.51. The Morgan fingerprint density at radius 3 is 2.65 bits per heavy atom. The van der Waals surface area contributed by atoms with Crippen LogP contribution < -0.4 is 10.6 Å². The molecule has 0 atom stereocenters. The topological polar surface area (TPSA) is 96.3 Å². The highest BCUT2D eigenvalue weighted by Gasteiger charge is 2.26. The molecular weight excluding hydrogens is 394 g/mol. The highest BCUT2D eigenvalue weighted by atomic mass is 16.2. The molecule has 1 aliphatic carbocycles. The van der Waals surface area contributed by atoms with Crippen LogP contribution in [0.2, 0.25) is 0 Å². The van der Waals surface area contributed by atoms with Crippen LogP contribution in [0.25, 0.3) is 0 Å². The van der Waals surface area contributed by atoms with Crippen LogP contribution in [0.3, 0.4) is 0 Å². The molecule has 31 heavy (non-hydrogen) atoms. The average molecular weight is 424 g/mol. The molecule has 8 nitrogen and oxygen atoms in total. The molecular formula is C23H29N5O3. The largest absolute Gasteiger partial charge is 0.356 e. The van der Waals surface area contributed by atoms with E-state index < -0.39 is 0 Å². The Hall–Kier alpha value is -3.16. The normalized spacial score (nSPS) is 15.9. The highest BCUT2D eigenvalue weighted by molar-refractivity contribution is 5.98. The second kappa shape index (κ2) is 9.32. The summed E-state index contributed by atoms with van der Waals surface area (Å²) >= 11 is 0. The first-order valence-electron chi connectivity index (χ1n) is 11.0. The van der Waals surface area contributed by atoms with E-state index >= 15 is 0 Å². The first-order valence-corrected chi connectivity index (χ1v) is 11.0. The molecule has 164 valence electrons. The minimum atomic E-state index is -0.367. The predicted molar refractivity (Wildman–Crippen MR) is 115 cm³/mol. The van der Waals surface area contributed by atoms with Gasteiger partial charge in [0.15, 0.2) is 5.69 Å². The fraction of sp³-hybridized carbons (Fsp3) is 0.478. The third-order valence-electron chi connectivity index (χ3n) is 5.73. The van der Waals surface area contributed by atoms with Crippen LogP contribution in [-0.2, 0) is 17.9 Å². The van der Waals surface area contributed by atoms with Crippen LogP contribution in [0.4, 0.5) is 0 Å². The van der Waals surface area contributed by atoms with Crippen LogP contribution in [0.15, 0.2) is 30.3 Å². The van der Waals surface area contributed by atoms with Gasteiger partial charge in [-0.1, -0.05) is 29.8 Å². The lowest BCUT2D eigenvalue weighted by Gasteiger charge is -2.20. The van der Waals surface area contributed by atoms with Gasteiger partial charge in [0, 0.05) is 45.2 Å². The number of fused-ring (bicyclic) bond motifs is 1. The lowest BCUT2D eigenvalue weighted by atomic mass is 10.1. The number of carbonyl (C=O) groups is 3. The Morgan fingerprint density at radius 1 is 1.13 bits per heavy atom. The molecule has 1 fully saturated rings. The summed E-state index contributed by atoms with van der Waals surface area (Å²) in [5.74, 6) is 0.0786. The second-order valence-electron chi connectivity index (χ2n) is 8.46. The summed E-state index contributed by atoms with van der Waals surface area (Å²) in [7, 11) is 0. The molecule has 3 amide bonds. The summed E-state index contributed by atoms with van der Waals surface area (Å²) in [5, 5.41) is 9.94. The van der Waals surface area contributed by atoms with E-state index in [9.17, 15) is 14.4 Å². The highest BCUT2D eigenvalue weighted by Crippen LogP contribution is 2.27. The molecule has 4 rings (SSSR count). The van der Waals surface area contributed by atoms with Crippen molar-refractivity contribution in [2.24, 2.45) is 5.92 Å².